The Hall–Kier alpha value is -0.770. The van der Waals surface area contributed by atoms with Gasteiger partial charge in [0.1, 0.15) is 0 Å². The van der Waals surface area contributed by atoms with Crippen molar-refractivity contribution < 1.29 is 15.0 Å². The van der Waals surface area contributed by atoms with Crippen molar-refractivity contribution in [3.63, 3.8) is 0 Å². The number of halogens is 2. The standard InChI is InChI=1S/C9H8Cl2O3/c1-4-2-5(10)7(6(11)3-4)8(12)9(13)14/h2-3,8,12H,1H3,(H,13,14)/t8-/m0/s1. The van der Waals surface area contributed by atoms with Crippen LogP contribution in [0.3, 0.4) is 0 Å². The number of aryl methyl sites for hydroxylation is 1. The molecule has 0 aliphatic rings. The minimum absolute atomic E-state index is 0.0337. The van der Waals surface area contributed by atoms with Gasteiger partial charge in [-0.25, -0.2) is 4.79 Å². The Morgan fingerprint density at radius 1 is 1.36 bits per heavy atom. The Kier molecular flexibility index (Phi) is 3.37. The summed E-state index contributed by atoms with van der Waals surface area (Å²) in [5.74, 6) is -1.38. The molecule has 14 heavy (non-hydrogen) atoms. The molecule has 1 aromatic carbocycles. The van der Waals surface area contributed by atoms with Crippen LogP contribution in [0.1, 0.15) is 17.2 Å². The van der Waals surface area contributed by atoms with E-state index in [4.69, 9.17) is 28.3 Å². The number of benzene rings is 1. The normalized spacial score (nSPS) is 12.6. The third-order valence-corrected chi connectivity index (χ3v) is 2.36. The zero-order valence-electron chi connectivity index (χ0n) is 7.29. The molecule has 0 saturated heterocycles. The summed E-state index contributed by atoms with van der Waals surface area (Å²) in [6, 6.07) is 3.10. The van der Waals surface area contributed by atoms with E-state index in [0.29, 0.717) is 0 Å². The first-order valence-corrected chi connectivity index (χ1v) is 4.55. The van der Waals surface area contributed by atoms with E-state index in [1.165, 1.54) is 0 Å². The summed E-state index contributed by atoms with van der Waals surface area (Å²) in [4.78, 5) is 10.5. The smallest absolute Gasteiger partial charge is 0.337 e. The van der Waals surface area contributed by atoms with Gasteiger partial charge in [-0.1, -0.05) is 23.2 Å². The summed E-state index contributed by atoms with van der Waals surface area (Å²) in [6.07, 6.45) is -1.68. The van der Waals surface area contributed by atoms with Gasteiger partial charge in [0, 0.05) is 15.6 Å². The predicted octanol–water partition coefficient (Wildman–Crippen LogP) is 2.42. The van der Waals surface area contributed by atoms with E-state index in [2.05, 4.69) is 0 Å². The highest BCUT2D eigenvalue weighted by molar-refractivity contribution is 6.36. The number of rotatable bonds is 2. The van der Waals surface area contributed by atoms with Gasteiger partial charge in [-0.3, -0.25) is 0 Å². The van der Waals surface area contributed by atoms with Gasteiger partial charge in [-0.2, -0.15) is 0 Å². The second kappa shape index (κ2) is 4.17. The largest absolute Gasteiger partial charge is 0.479 e. The number of carbonyl (C=O) groups is 1. The van der Waals surface area contributed by atoms with Crippen molar-refractivity contribution in [3.05, 3.63) is 33.3 Å². The molecule has 0 spiro atoms. The van der Waals surface area contributed by atoms with Gasteiger partial charge in [0.2, 0.25) is 0 Å². The number of aliphatic hydroxyl groups excluding tert-OH is 1. The van der Waals surface area contributed by atoms with Crippen LogP contribution in [0, 0.1) is 6.92 Å². The summed E-state index contributed by atoms with van der Waals surface area (Å²) in [6.45, 7) is 1.77. The maximum absolute atomic E-state index is 10.5. The Morgan fingerprint density at radius 2 is 1.79 bits per heavy atom. The van der Waals surface area contributed by atoms with Crippen molar-refractivity contribution in [1.29, 1.82) is 0 Å². The SMILES string of the molecule is Cc1cc(Cl)c([C@H](O)C(=O)O)c(Cl)c1. The fourth-order valence-electron chi connectivity index (χ4n) is 1.10. The molecule has 0 amide bonds. The van der Waals surface area contributed by atoms with Crippen LogP contribution in [0.5, 0.6) is 0 Å². The van der Waals surface area contributed by atoms with Crippen LogP contribution in [0.4, 0.5) is 0 Å². The monoisotopic (exact) mass is 234 g/mol. The Bertz CT molecular complexity index is 353. The van der Waals surface area contributed by atoms with Crippen LogP contribution in [0.25, 0.3) is 0 Å². The summed E-state index contributed by atoms with van der Waals surface area (Å²) >= 11 is 11.5. The van der Waals surface area contributed by atoms with E-state index in [0.717, 1.165) is 5.56 Å². The second-order valence-electron chi connectivity index (χ2n) is 2.88. The third-order valence-electron chi connectivity index (χ3n) is 1.73. The van der Waals surface area contributed by atoms with Crippen molar-refractivity contribution in [3.8, 4) is 0 Å². The molecule has 0 aliphatic carbocycles. The fourth-order valence-corrected chi connectivity index (χ4v) is 1.90. The topological polar surface area (TPSA) is 57.5 Å². The minimum atomic E-state index is -1.68. The van der Waals surface area contributed by atoms with Crippen LogP contribution < -0.4 is 0 Å². The predicted molar refractivity (Wildman–Crippen MR) is 53.8 cm³/mol. The van der Waals surface area contributed by atoms with Crippen molar-refractivity contribution >= 4 is 29.2 Å². The van der Waals surface area contributed by atoms with Crippen LogP contribution in [0.15, 0.2) is 12.1 Å². The molecule has 0 radical (unpaired) electrons. The summed E-state index contributed by atoms with van der Waals surface area (Å²) in [5.41, 5.74) is 0.841. The number of hydrogen-bond acceptors (Lipinski definition) is 2. The highest BCUT2D eigenvalue weighted by atomic mass is 35.5. The van der Waals surface area contributed by atoms with Gasteiger partial charge in [0.15, 0.2) is 6.10 Å². The van der Waals surface area contributed by atoms with E-state index in [1.807, 2.05) is 0 Å². The first-order valence-electron chi connectivity index (χ1n) is 3.80. The molecule has 2 N–H and O–H groups in total. The molecule has 0 bridgehead atoms. The van der Waals surface area contributed by atoms with E-state index in [1.54, 1.807) is 19.1 Å². The van der Waals surface area contributed by atoms with Gasteiger partial charge in [0.05, 0.1) is 0 Å². The van der Waals surface area contributed by atoms with Crippen LogP contribution >= 0.6 is 23.2 Å². The molecule has 0 saturated carbocycles. The number of carboxylic acids is 1. The van der Waals surface area contributed by atoms with Gasteiger partial charge < -0.3 is 10.2 Å². The lowest BCUT2D eigenvalue weighted by molar-refractivity contribution is -0.146. The number of aliphatic hydroxyl groups is 1. The lowest BCUT2D eigenvalue weighted by Crippen LogP contribution is -2.11. The molecule has 0 unspecified atom stereocenters. The molecule has 5 heteroatoms. The first-order chi connectivity index (χ1) is 6.43. The molecule has 76 valence electrons. The molecular weight excluding hydrogens is 227 g/mol. The van der Waals surface area contributed by atoms with Gasteiger partial charge >= 0.3 is 5.97 Å². The minimum Gasteiger partial charge on any atom is -0.479 e. The molecule has 0 heterocycles. The van der Waals surface area contributed by atoms with E-state index >= 15 is 0 Å². The fraction of sp³-hybridized carbons (Fsp3) is 0.222. The molecular formula is C9H8Cl2O3. The summed E-state index contributed by atoms with van der Waals surface area (Å²) < 4.78 is 0. The first kappa shape index (κ1) is 11.3. The Labute approximate surface area is 90.9 Å². The van der Waals surface area contributed by atoms with Crippen molar-refractivity contribution in [1.82, 2.24) is 0 Å². The maximum Gasteiger partial charge on any atom is 0.337 e. The zero-order valence-corrected chi connectivity index (χ0v) is 8.80. The van der Waals surface area contributed by atoms with E-state index in [-0.39, 0.29) is 15.6 Å². The number of aliphatic carboxylic acids is 1. The lowest BCUT2D eigenvalue weighted by atomic mass is 10.1. The second-order valence-corrected chi connectivity index (χ2v) is 3.70. The average Bonchev–Trinajstić information content (AvgIpc) is 2.01. The van der Waals surface area contributed by atoms with Crippen LogP contribution in [-0.2, 0) is 4.79 Å². The van der Waals surface area contributed by atoms with Gasteiger partial charge in [0.25, 0.3) is 0 Å². The van der Waals surface area contributed by atoms with E-state index < -0.39 is 12.1 Å². The van der Waals surface area contributed by atoms with Crippen molar-refractivity contribution in [2.24, 2.45) is 0 Å². The molecule has 0 aromatic heterocycles. The Morgan fingerprint density at radius 3 is 2.14 bits per heavy atom. The van der Waals surface area contributed by atoms with Crippen LogP contribution in [-0.4, -0.2) is 16.2 Å². The summed E-state index contributed by atoms with van der Waals surface area (Å²) in [5, 5.41) is 18.2. The summed E-state index contributed by atoms with van der Waals surface area (Å²) in [7, 11) is 0. The highest BCUT2D eigenvalue weighted by Gasteiger charge is 2.22. The maximum atomic E-state index is 10.5. The number of carboxylic acid groups (broad SMARTS) is 1. The molecule has 0 aliphatic heterocycles. The molecule has 1 aromatic rings. The van der Waals surface area contributed by atoms with Crippen molar-refractivity contribution in [2.75, 3.05) is 0 Å². The lowest BCUT2D eigenvalue weighted by Gasteiger charge is -2.10. The van der Waals surface area contributed by atoms with Crippen LogP contribution in [0.2, 0.25) is 10.0 Å². The molecule has 1 atom stereocenters. The van der Waals surface area contributed by atoms with Crippen molar-refractivity contribution in [2.45, 2.75) is 13.0 Å². The highest BCUT2D eigenvalue weighted by Crippen LogP contribution is 2.31. The average molecular weight is 235 g/mol. The zero-order chi connectivity index (χ0) is 10.9. The number of hydrogen-bond donors (Lipinski definition) is 2. The van der Waals surface area contributed by atoms with E-state index in [9.17, 15) is 9.90 Å². The van der Waals surface area contributed by atoms with Gasteiger partial charge in [-0.05, 0) is 24.6 Å². The Balaban J connectivity index is 3.27. The third kappa shape index (κ3) is 2.18. The van der Waals surface area contributed by atoms with Gasteiger partial charge in [-0.15, -0.1) is 0 Å². The molecule has 3 nitrogen and oxygen atoms in total. The quantitative estimate of drug-likeness (QED) is 0.827. The molecule has 1 rings (SSSR count). The molecule has 0 fully saturated rings.